The van der Waals surface area contributed by atoms with E-state index in [4.69, 9.17) is 14.3 Å². The third kappa shape index (κ3) is 19.7. The van der Waals surface area contributed by atoms with Crippen molar-refractivity contribution < 1.29 is 135 Å². The molecule has 1 atom stereocenters. The van der Waals surface area contributed by atoms with E-state index >= 15 is 0 Å². The van der Waals surface area contributed by atoms with Gasteiger partial charge in [-0.2, -0.15) is 127 Å². The summed E-state index contributed by atoms with van der Waals surface area (Å²) in [5.41, 5.74) is -28.2. The van der Waals surface area contributed by atoms with Gasteiger partial charge < -0.3 is 9.26 Å². The van der Waals surface area contributed by atoms with Crippen molar-refractivity contribution in [2.24, 2.45) is 10.4 Å². The van der Waals surface area contributed by atoms with Gasteiger partial charge in [0.25, 0.3) is 0 Å². The van der Waals surface area contributed by atoms with Gasteiger partial charge in [0.15, 0.2) is 0 Å². The fourth-order valence-electron chi connectivity index (χ4n) is 10.2. The summed E-state index contributed by atoms with van der Waals surface area (Å²) < 4.78 is 354. The molecule has 0 amide bonds. The minimum absolute atomic E-state index is 0. The van der Waals surface area contributed by atoms with Crippen LogP contribution in [0.3, 0.4) is 0 Å². The van der Waals surface area contributed by atoms with Gasteiger partial charge in [-0.15, -0.1) is 0 Å². The SMILES string of the molecule is Cc1ccccc1P(OC(C)(C)C1=N[C@@H](C(C)(C)C)CO1)c1ccccc1C.FC(F)(F)c1cc([B-](c2cc(C(F)(F)F)cc(C(F)(F)F)c2)(c2cc(C(F)(F)F)cc(C(F)(F)F)c2)c2cc(C(F)(F)F)cc(C(F)(F)F)c2)cc(C(F)(F)F)c1.[CH]1[CH]CC[CH][CH]CC1.[Ir]. The molecular formula is C64H56BF24IrNO2P-. The molecule has 1 fully saturated rings. The number of benzene rings is 6. The largest absolute Gasteiger partial charge is 0.477 e. The van der Waals surface area contributed by atoms with E-state index in [1.807, 2.05) is 0 Å². The van der Waals surface area contributed by atoms with Gasteiger partial charge in [0.05, 0.1) is 58.7 Å². The monoisotopic (exact) mass is 1560 g/mol. The van der Waals surface area contributed by atoms with Crippen LogP contribution in [0.4, 0.5) is 105 Å². The van der Waals surface area contributed by atoms with Crippen LogP contribution in [0, 0.1) is 44.9 Å². The average molecular weight is 1560 g/mol. The van der Waals surface area contributed by atoms with E-state index < -0.39 is 208 Å². The Labute approximate surface area is 540 Å². The van der Waals surface area contributed by atoms with Crippen LogP contribution in [0.2, 0.25) is 0 Å². The predicted molar refractivity (Wildman–Crippen MR) is 306 cm³/mol. The van der Waals surface area contributed by atoms with Crippen molar-refractivity contribution in [2.45, 2.75) is 135 Å². The molecule has 0 aromatic heterocycles. The molecule has 2 aliphatic rings. The Morgan fingerprint density at radius 2 is 0.617 bits per heavy atom. The summed E-state index contributed by atoms with van der Waals surface area (Å²) in [5, 5.41) is 2.48. The van der Waals surface area contributed by atoms with Gasteiger partial charge in [0, 0.05) is 30.7 Å². The van der Waals surface area contributed by atoms with Crippen molar-refractivity contribution in [3.8, 4) is 0 Å². The smallest absolute Gasteiger partial charge is 0.416 e. The molecule has 94 heavy (non-hydrogen) atoms. The summed E-state index contributed by atoms with van der Waals surface area (Å²) in [6.45, 7) is 15.7. The second-order valence-electron chi connectivity index (χ2n) is 23.4. The quantitative estimate of drug-likeness (QED) is 0.0821. The average Bonchev–Trinajstić information content (AvgIpc) is 0.782. The zero-order chi connectivity index (χ0) is 70.1. The zero-order valence-electron chi connectivity index (χ0n) is 50.2. The van der Waals surface area contributed by atoms with Gasteiger partial charge in [-0.05, 0) is 120 Å². The van der Waals surface area contributed by atoms with E-state index in [1.165, 1.54) is 47.4 Å². The third-order valence-corrected chi connectivity index (χ3v) is 17.4. The topological polar surface area (TPSA) is 30.8 Å². The van der Waals surface area contributed by atoms with Crippen molar-refractivity contribution in [3.05, 3.63) is 203 Å². The Morgan fingerprint density at radius 3 is 0.819 bits per heavy atom. The molecule has 1 aliphatic carbocycles. The summed E-state index contributed by atoms with van der Waals surface area (Å²) in [6, 6.07) is 8.34. The number of alkyl halides is 24. The van der Waals surface area contributed by atoms with Gasteiger partial charge in [-0.3, -0.25) is 0 Å². The first-order valence-electron chi connectivity index (χ1n) is 27.8. The molecule has 0 spiro atoms. The molecule has 6 aromatic carbocycles. The molecule has 0 bridgehead atoms. The molecule has 1 saturated carbocycles. The molecule has 5 radical (unpaired) electrons. The van der Waals surface area contributed by atoms with E-state index in [0.717, 1.165) is 0 Å². The summed E-state index contributed by atoms with van der Waals surface area (Å²) in [7, 11) is -1.000. The van der Waals surface area contributed by atoms with Crippen molar-refractivity contribution in [3.63, 3.8) is 0 Å². The fourth-order valence-corrected chi connectivity index (χ4v) is 12.4. The van der Waals surface area contributed by atoms with Crippen LogP contribution in [0.1, 0.15) is 116 Å². The number of hydrogen-bond donors (Lipinski definition) is 0. The number of rotatable bonds is 9. The van der Waals surface area contributed by atoms with Crippen LogP contribution in [0.15, 0.2) is 126 Å². The summed E-state index contributed by atoms with van der Waals surface area (Å²) in [6.07, 6.45) is -40.8. The van der Waals surface area contributed by atoms with Crippen molar-refractivity contribution in [1.29, 1.82) is 0 Å². The number of aliphatic imine (C=N–C) groups is 1. The Bertz CT molecular complexity index is 3090. The molecule has 6 aromatic rings. The minimum atomic E-state index is -6.13. The second-order valence-corrected chi connectivity index (χ2v) is 25.2. The predicted octanol–water partition coefficient (Wildman–Crippen LogP) is 18.9. The summed E-state index contributed by atoms with van der Waals surface area (Å²) >= 11 is 0. The number of halogens is 24. The van der Waals surface area contributed by atoms with Gasteiger partial charge in [0.2, 0.25) is 5.90 Å². The molecule has 30 heteroatoms. The maximum Gasteiger partial charge on any atom is 0.416 e. The van der Waals surface area contributed by atoms with E-state index in [9.17, 15) is 105 Å². The maximum absolute atomic E-state index is 14.2. The second kappa shape index (κ2) is 29.1. The first-order valence-corrected chi connectivity index (χ1v) is 29.1. The number of nitrogens with zero attached hydrogens (tertiary/aromatic N) is 1. The van der Waals surface area contributed by atoms with Crippen LogP contribution in [-0.4, -0.2) is 30.3 Å². The van der Waals surface area contributed by atoms with Gasteiger partial charge in [-0.1, -0.05) is 118 Å². The maximum atomic E-state index is 14.2. The standard InChI is InChI=1S/C32H12BF24.C24H32NO2P.C8H12.Ir/c34-25(35,36)13-1-14(26(37,38)39)6-21(5-13)33(22-7-15(27(40,41)42)2-16(8-22)28(43,44)45,23-9-17(29(46,47)48)3-18(10-23)30(49,50)51)24-11-19(31(52,53)54)4-20(12-24)32(55,56)57;1-17-12-8-10-14-19(17)28(20-15-11-9-13-18(20)2)27-24(6,7)22-25-21(16-26-22)23(3,4)5;1-2-4-6-8-7-5-3-1;/h1-12H;8-15,21H,16H2,1-7H3;1-2,7-8H,3-6H2;/q-1;;;/t;21-;;/m.1../s1. The molecule has 1 heterocycles. The molecule has 0 unspecified atom stereocenters. The Morgan fingerprint density at radius 1 is 0.383 bits per heavy atom. The van der Waals surface area contributed by atoms with E-state index in [-0.39, 0.29) is 31.6 Å². The van der Waals surface area contributed by atoms with Gasteiger partial charge in [0.1, 0.15) is 18.4 Å². The minimum Gasteiger partial charge on any atom is -0.477 e. The fraction of sp³-hybridized carbons (Fsp3) is 0.359. The van der Waals surface area contributed by atoms with Crippen LogP contribution in [0.25, 0.3) is 0 Å². The van der Waals surface area contributed by atoms with E-state index in [1.54, 1.807) is 0 Å². The molecular weight excluding hydrogens is 1500 g/mol. The van der Waals surface area contributed by atoms with Crippen LogP contribution in [-0.2, 0) is 78.8 Å². The number of hydrogen-bond acceptors (Lipinski definition) is 3. The first kappa shape index (κ1) is 78.9. The molecule has 3 nitrogen and oxygen atoms in total. The number of ether oxygens (including phenoxy) is 1. The Kier molecular flexibility index (Phi) is 24.4. The van der Waals surface area contributed by atoms with Crippen LogP contribution >= 0.6 is 8.15 Å². The van der Waals surface area contributed by atoms with Gasteiger partial charge >= 0.3 is 49.4 Å². The van der Waals surface area contributed by atoms with Crippen LogP contribution < -0.4 is 32.5 Å². The van der Waals surface area contributed by atoms with Crippen LogP contribution in [0.5, 0.6) is 0 Å². The molecule has 0 N–H and O–H groups in total. The Hall–Kier alpha value is -5.79. The number of aryl methyl sites for hydroxylation is 2. The summed E-state index contributed by atoms with van der Waals surface area (Å²) in [5.74, 6) is 0.710. The van der Waals surface area contributed by atoms with Crippen molar-refractivity contribution in [1.82, 2.24) is 0 Å². The third-order valence-electron chi connectivity index (χ3n) is 14.9. The van der Waals surface area contributed by atoms with E-state index in [0.29, 0.717) is 12.5 Å². The van der Waals surface area contributed by atoms with E-state index in [2.05, 4.69) is 123 Å². The first-order chi connectivity index (χ1) is 42.4. The Balaban J connectivity index is 0.000000354. The molecule has 8 rings (SSSR count). The molecule has 1 aliphatic heterocycles. The van der Waals surface area contributed by atoms with Gasteiger partial charge in [-0.25, -0.2) is 4.99 Å². The van der Waals surface area contributed by atoms with Crippen molar-refractivity contribution in [2.75, 3.05) is 6.61 Å². The normalized spacial score (nSPS) is 16.0. The molecule has 0 saturated heterocycles. The zero-order valence-corrected chi connectivity index (χ0v) is 53.5. The molecule has 515 valence electrons. The van der Waals surface area contributed by atoms with Crippen molar-refractivity contribution >= 4 is 52.7 Å². The summed E-state index contributed by atoms with van der Waals surface area (Å²) in [4.78, 5) is 4.90.